The second-order valence-corrected chi connectivity index (χ2v) is 5.76. The molecule has 1 fully saturated rings. The van der Waals surface area contributed by atoms with Crippen LogP contribution in [0.3, 0.4) is 0 Å². The molecule has 0 radical (unpaired) electrons. The Morgan fingerprint density at radius 3 is 3.05 bits per heavy atom. The second kappa shape index (κ2) is 7.24. The Morgan fingerprint density at radius 1 is 1.47 bits per heavy atom. The highest BCUT2D eigenvalue weighted by atomic mass is 79.9. The van der Waals surface area contributed by atoms with Crippen molar-refractivity contribution in [2.75, 3.05) is 32.8 Å². The molecule has 2 rings (SSSR count). The van der Waals surface area contributed by atoms with Gasteiger partial charge in [-0.25, -0.2) is 0 Å². The van der Waals surface area contributed by atoms with Crippen LogP contribution in [-0.2, 0) is 11.3 Å². The number of hydrogen-bond donors (Lipinski definition) is 1. The molecule has 4 nitrogen and oxygen atoms in total. The van der Waals surface area contributed by atoms with Gasteiger partial charge in [-0.15, -0.1) is 0 Å². The van der Waals surface area contributed by atoms with E-state index >= 15 is 0 Å². The predicted molar refractivity (Wildman–Crippen MR) is 79.4 cm³/mol. The summed E-state index contributed by atoms with van der Waals surface area (Å²) in [5.74, 6) is 0.871. The lowest BCUT2D eigenvalue weighted by atomic mass is 10.2. The van der Waals surface area contributed by atoms with E-state index in [-0.39, 0.29) is 0 Å². The topological polar surface area (TPSA) is 47.7 Å². The number of ether oxygens (including phenoxy) is 2. The van der Waals surface area contributed by atoms with Crippen LogP contribution < -0.4 is 10.5 Å². The van der Waals surface area contributed by atoms with Gasteiger partial charge in [0.25, 0.3) is 0 Å². The fourth-order valence-electron chi connectivity index (χ4n) is 2.26. The average molecular weight is 329 g/mol. The summed E-state index contributed by atoms with van der Waals surface area (Å²) >= 11 is 3.53. The van der Waals surface area contributed by atoms with Crippen LogP contribution in [0.5, 0.6) is 5.75 Å². The van der Waals surface area contributed by atoms with Crippen molar-refractivity contribution >= 4 is 15.9 Å². The predicted octanol–water partition coefficient (Wildman–Crippen LogP) is 2.01. The summed E-state index contributed by atoms with van der Waals surface area (Å²) in [4.78, 5) is 2.41. The zero-order chi connectivity index (χ0) is 13.7. The lowest BCUT2D eigenvalue weighted by molar-refractivity contribution is -0.0212. The molecule has 19 heavy (non-hydrogen) atoms. The molecule has 0 aliphatic carbocycles. The Hall–Kier alpha value is -0.620. The van der Waals surface area contributed by atoms with Gasteiger partial charge in [-0.3, -0.25) is 4.90 Å². The summed E-state index contributed by atoms with van der Waals surface area (Å²) in [6.45, 7) is 6.88. The van der Waals surface area contributed by atoms with Crippen molar-refractivity contribution in [2.45, 2.75) is 19.6 Å². The van der Waals surface area contributed by atoms with Crippen molar-refractivity contribution in [1.29, 1.82) is 0 Å². The van der Waals surface area contributed by atoms with Crippen LogP contribution in [0.4, 0.5) is 0 Å². The van der Waals surface area contributed by atoms with Crippen molar-refractivity contribution in [2.24, 2.45) is 5.73 Å². The molecule has 1 heterocycles. The summed E-state index contributed by atoms with van der Waals surface area (Å²) in [6, 6.07) is 6.19. The maximum absolute atomic E-state index is 5.59. The third kappa shape index (κ3) is 4.76. The largest absolute Gasteiger partial charge is 0.492 e. The van der Waals surface area contributed by atoms with E-state index in [0.29, 0.717) is 19.3 Å². The first-order chi connectivity index (χ1) is 9.17. The first-order valence-corrected chi connectivity index (χ1v) is 7.43. The second-order valence-electron chi connectivity index (χ2n) is 4.85. The van der Waals surface area contributed by atoms with Crippen LogP contribution in [0.25, 0.3) is 0 Å². The minimum atomic E-state index is 0.314. The summed E-state index contributed by atoms with van der Waals surface area (Å²) in [6.07, 6.45) is 0.314. The lowest BCUT2D eigenvalue weighted by Gasteiger charge is -2.31. The molecule has 1 aromatic rings. The van der Waals surface area contributed by atoms with Crippen LogP contribution in [0.2, 0.25) is 0 Å². The minimum absolute atomic E-state index is 0.314. The number of nitrogens with zero attached hydrogens (tertiary/aromatic N) is 1. The van der Waals surface area contributed by atoms with Crippen LogP contribution in [0.1, 0.15) is 12.5 Å². The van der Waals surface area contributed by atoms with Gasteiger partial charge in [0.15, 0.2) is 0 Å². The Balaban J connectivity index is 2.00. The van der Waals surface area contributed by atoms with Crippen molar-refractivity contribution in [3.05, 3.63) is 28.2 Å². The molecule has 0 bridgehead atoms. The third-order valence-corrected chi connectivity index (χ3v) is 3.51. The number of nitrogens with two attached hydrogens (primary N) is 1. The van der Waals surface area contributed by atoms with Crippen LogP contribution in [-0.4, -0.2) is 43.9 Å². The monoisotopic (exact) mass is 328 g/mol. The van der Waals surface area contributed by atoms with E-state index in [2.05, 4.69) is 39.9 Å². The van der Waals surface area contributed by atoms with Crippen molar-refractivity contribution in [3.8, 4) is 5.75 Å². The number of morpholine rings is 1. The zero-order valence-electron chi connectivity index (χ0n) is 11.3. The minimum Gasteiger partial charge on any atom is -0.492 e. The van der Waals surface area contributed by atoms with Gasteiger partial charge in [-0.2, -0.15) is 0 Å². The molecule has 1 aliphatic heterocycles. The molecule has 5 heteroatoms. The summed E-state index contributed by atoms with van der Waals surface area (Å²) in [5.41, 5.74) is 6.70. The van der Waals surface area contributed by atoms with Gasteiger partial charge in [0.1, 0.15) is 12.4 Å². The molecule has 0 saturated carbocycles. The van der Waals surface area contributed by atoms with Gasteiger partial charge in [0.2, 0.25) is 0 Å². The number of benzene rings is 1. The van der Waals surface area contributed by atoms with E-state index in [0.717, 1.165) is 36.5 Å². The average Bonchev–Trinajstić information content (AvgIpc) is 2.35. The molecule has 1 unspecified atom stereocenters. The number of halogens is 1. The Kier molecular flexibility index (Phi) is 5.63. The van der Waals surface area contributed by atoms with Gasteiger partial charge >= 0.3 is 0 Å². The molecule has 1 aliphatic rings. The van der Waals surface area contributed by atoms with Crippen molar-refractivity contribution in [3.63, 3.8) is 0 Å². The fraction of sp³-hybridized carbons (Fsp3) is 0.571. The van der Waals surface area contributed by atoms with E-state index in [1.165, 1.54) is 5.56 Å². The van der Waals surface area contributed by atoms with E-state index in [1.54, 1.807) is 0 Å². The van der Waals surface area contributed by atoms with Gasteiger partial charge in [-0.1, -0.05) is 15.9 Å². The standard InChI is InChI=1S/C14H21BrN2O2/c1-11-9-17(3-5-18-11)10-12-6-13(15)8-14(7-12)19-4-2-16/h6-8,11H,2-5,9-10,16H2,1H3. The quantitative estimate of drug-likeness (QED) is 0.898. The lowest BCUT2D eigenvalue weighted by Crippen LogP contribution is -2.40. The smallest absolute Gasteiger partial charge is 0.120 e. The Labute approximate surface area is 123 Å². The third-order valence-electron chi connectivity index (χ3n) is 3.05. The molecule has 0 amide bonds. The highest BCUT2D eigenvalue weighted by molar-refractivity contribution is 9.10. The Morgan fingerprint density at radius 2 is 2.32 bits per heavy atom. The molecule has 2 N–H and O–H groups in total. The summed E-state index contributed by atoms with van der Waals surface area (Å²) in [5, 5.41) is 0. The van der Waals surface area contributed by atoms with Crippen LogP contribution >= 0.6 is 15.9 Å². The molecular formula is C14H21BrN2O2. The molecule has 0 spiro atoms. The molecular weight excluding hydrogens is 308 g/mol. The zero-order valence-corrected chi connectivity index (χ0v) is 12.9. The summed E-state index contributed by atoms with van der Waals surface area (Å²) in [7, 11) is 0. The normalized spacial score (nSPS) is 20.5. The molecule has 1 atom stereocenters. The molecule has 1 saturated heterocycles. The van der Waals surface area contributed by atoms with Gasteiger partial charge < -0.3 is 15.2 Å². The van der Waals surface area contributed by atoms with Gasteiger partial charge in [0.05, 0.1) is 12.7 Å². The maximum Gasteiger partial charge on any atom is 0.120 e. The first kappa shape index (κ1) is 14.8. The molecule has 0 aromatic heterocycles. The molecule has 1 aromatic carbocycles. The molecule has 106 valence electrons. The van der Waals surface area contributed by atoms with E-state index in [1.807, 2.05) is 6.07 Å². The highest BCUT2D eigenvalue weighted by Crippen LogP contribution is 2.23. The van der Waals surface area contributed by atoms with E-state index < -0.39 is 0 Å². The SMILES string of the molecule is CC1CN(Cc2cc(Br)cc(OCCN)c2)CCO1. The van der Waals surface area contributed by atoms with Crippen LogP contribution in [0, 0.1) is 0 Å². The van der Waals surface area contributed by atoms with Gasteiger partial charge in [-0.05, 0) is 30.7 Å². The number of rotatable bonds is 5. The highest BCUT2D eigenvalue weighted by Gasteiger charge is 2.16. The van der Waals surface area contributed by atoms with Crippen LogP contribution in [0.15, 0.2) is 22.7 Å². The number of hydrogen-bond acceptors (Lipinski definition) is 4. The van der Waals surface area contributed by atoms with E-state index in [9.17, 15) is 0 Å². The van der Waals surface area contributed by atoms with Crippen molar-refractivity contribution < 1.29 is 9.47 Å². The fourth-order valence-corrected chi connectivity index (χ4v) is 2.78. The maximum atomic E-state index is 5.59. The van der Waals surface area contributed by atoms with Crippen molar-refractivity contribution in [1.82, 2.24) is 4.90 Å². The first-order valence-electron chi connectivity index (χ1n) is 6.63. The van der Waals surface area contributed by atoms with E-state index in [4.69, 9.17) is 15.2 Å². The van der Waals surface area contributed by atoms with Gasteiger partial charge in [0, 0.05) is 30.7 Å². The Bertz CT molecular complexity index is 414. The summed E-state index contributed by atoms with van der Waals surface area (Å²) < 4.78 is 12.2.